The molecule has 0 aromatic heterocycles. The van der Waals surface area contributed by atoms with Crippen LogP contribution in [0.2, 0.25) is 0 Å². The first kappa shape index (κ1) is 33.0. The monoisotopic (exact) mass is 527 g/mol. The Kier molecular flexibility index (Phi) is 14.0. The normalized spacial score (nSPS) is 13.0. The topological polar surface area (TPSA) is 87.7 Å². The highest BCUT2D eigenvalue weighted by atomic mass is 16.6. The molecule has 0 fully saturated rings. The van der Waals surface area contributed by atoms with E-state index in [4.69, 9.17) is 11.2 Å². The molecule has 7 nitrogen and oxygen atoms in total. The second-order valence-corrected chi connectivity index (χ2v) is 11.5. The summed E-state index contributed by atoms with van der Waals surface area (Å²) in [5.41, 5.74) is 0.657. The number of carbonyl (C=O) groups is 3. The van der Waals surface area contributed by atoms with Gasteiger partial charge in [0.2, 0.25) is 11.8 Å². The number of unbranched alkanes of at least 4 members (excludes halogenated alkanes) is 5. The zero-order valence-electron chi connectivity index (χ0n) is 24.7. The first-order valence-corrected chi connectivity index (χ1v) is 14.0. The standard InChI is InChI=1S/C31H49N3O4/c1-10-12-13-14-15-16-21-34(29(36)26(22(3)4)33-30(37)38-31(7,8)9)27(28(35)32-23(5)6)25-19-17-24(11-2)18-20-25/h2,17-20,22-23,26-27H,10,12-16,21H2,1,3-9H3,(H,32,35)(H,33,37). The molecule has 212 valence electrons. The van der Waals surface area contributed by atoms with Crippen molar-refractivity contribution in [2.24, 2.45) is 5.92 Å². The molecule has 0 aliphatic carbocycles. The number of rotatable bonds is 14. The second kappa shape index (κ2) is 16.1. The molecule has 1 aromatic rings. The van der Waals surface area contributed by atoms with E-state index in [9.17, 15) is 14.4 Å². The van der Waals surface area contributed by atoms with Gasteiger partial charge in [0.15, 0.2) is 0 Å². The molecular formula is C31H49N3O4. The average molecular weight is 528 g/mol. The Morgan fingerprint density at radius 2 is 1.53 bits per heavy atom. The molecule has 0 bridgehead atoms. The summed E-state index contributed by atoms with van der Waals surface area (Å²) in [5.74, 6) is 1.79. The number of hydrogen-bond acceptors (Lipinski definition) is 4. The van der Waals surface area contributed by atoms with Crippen LogP contribution in [0.1, 0.15) is 111 Å². The van der Waals surface area contributed by atoms with E-state index in [1.165, 1.54) is 6.42 Å². The molecule has 0 saturated carbocycles. The highest BCUT2D eigenvalue weighted by Gasteiger charge is 2.37. The molecule has 0 radical (unpaired) electrons. The van der Waals surface area contributed by atoms with Crippen LogP contribution in [0.15, 0.2) is 24.3 Å². The highest BCUT2D eigenvalue weighted by molar-refractivity contribution is 5.92. The van der Waals surface area contributed by atoms with Gasteiger partial charge in [0.25, 0.3) is 0 Å². The Morgan fingerprint density at radius 1 is 0.947 bits per heavy atom. The lowest BCUT2D eigenvalue weighted by Crippen LogP contribution is -2.55. The van der Waals surface area contributed by atoms with Gasteiger partial charge in [-0.3, -0.25) is 9.59 Å². The number of nitrogens with zero attached hydrogens (tertiary/aromatic N) is 1. The zero-order chi connectivity index (χ0) is 28.9. The van der Waals surface area contributed by atoms with Gasteiger partial charge in [-0.15, -0.1) is 6.42 Å². The number of hydrogen-bond donors (Lipinski definition) is 2. The third-order valence-corrected chi connectivity index (χ3v) is 6.02. The van der Waals surface area contributed by atoms with Gasteiger partial charge < -0.3 is 20.3 Å². The third-order valence-electron chi connectivity index (χ3n) is 6.02. The second-order valence-electron chi connectivity index (χ2n) is 11.5. The predicted molar refractivity (Wildman–Crippen MR) is 153 cm³/mol. The lowest BCUT2D eigenvalue weighted by Gasteiger charge is -2.36. The number of amides is 3. The summed E-state index contributed by atoms with van der Waals surface area (Å²) in [6, 6.07) is 5.31. The smallest absolute Gasteiger partial charge is 0.408 e. The Morgan fingerprint density at radius 3 is 2.03 bits per heavy atom. The van der Waals surface area contributed by atoms with Crippen molar-refractivity contribution in [2.75, 3.05) is 6.54 Å². The van der Waals surface area contributed by atoms with Crippen molar-refractivity contribution in [1.29, 1.82) is 0 Å². The Labute approximate surface area is 230 Å². The minimum Gasteiger partial charge on any atom is -0.444 e. The van der Waals surface area contributed by atoms with Crippen molar-refractivity contribution in [3.8, 4) is 12.3 Å². The largest absolute Gasteiger partial charge is 0.444 e. The SMILES string of the molecule is C#Cc1ccc(C(C(=O)NC(C)C)N(CCCCCCCC)C(=O)C(NC(=O)OC(C)(C)C)C(C)C)cc1. The van der Waals surface area contributed by atoms with Crippen LogP contribution in [0.5, 0.6) is 0 Å². The van der Waals surface area contributed by atoms with Gasteiger partial charge in [-0.1, -0.05) is 70.9 Å². The van der Waals surface area contributed by atoms with Crippen LogP contribution in [0.4, 0.5) is 4.79 Å². The molecule has 1 aromatic carbocycles. The molecule has 2 atom stereocenters. The van der Waals surface area contributed by atoms with Crippen LogP contribution in [-0.4, -0.2) is 47.0 Å². The molecule has 0 spiro atoms. The summed E-state index contributed by atoms with van der Waals surface area (Å²) in [6.07, 6.45) is 11.1. The molecule has 3 amide bonds. The number of alkyl carbamates (subject to hydrolysis) is 1. The van der Waals surface area contributed by atoms with E-state index >= 15 is 0 Å². The molecule has 0 saturated heterocycles. The van der Waals surface area contributed by atoms with Gasteiger partial charge >= 0.3 is 6.09 Å². The fourth-order valence-corrected chi connectivity index (χ4v) is 4.15. The maximum absolute atomic E-state index is 14.1. The van der Waals surface area contributed by atoms with Gasteiger partial charge in [0, 0.05) is 18.2 Å². The molecule has 2 unspecified atom stereocenters. The summed E-state index contributed by atoms with van der Waals surface area (Å²) in [4.78, 5) is 42.0. The van der Waals surface area contributed by atoms with Crippen LogP contribution >= 0.6 is 0 Å². The van der Waals surface area contributed by atoms with Gasteiger partial charge in [0.05, 0.1) is 0 Å². The van der Waals surface area contributed by atoms with E-state index in [0.717, 1.165) is 32.1 Å². The van der Waals surface area contributed by atoms with Crippen molar-refractivity contribution in [3.63, 3.8) is 0 Å². The van der Waals surface area contributed by atoms with E-state index in [-0.39, 0.29) is 23.8 Å². The molecule has 38 heavy (non-hydrogen) atoms. The molecule has 0 aliphatic heterocycles. The zero-order valence-corrected chi connectivity index (χ0v) is 24.7. The van der Waals surface area contributed by atoms with Crippen LogP contribution < -0.4 is 10.6 Å². The van der Waals surface area contributed by atoms with Gasteiger partial charge in [-0.2, -0.15) is 0 Å². The van der Waals surface area contributed by atoms with Gasteiger partial charge in [-0.05, 0) is 64.7 Å². The molecule has 0 heterocycles. The van der Waals surface area contributed by atoms with Gasteiger partial charge in [-0.25, -0.2) is 4.79 Å². The van der Waals surface area contributed by atoms with Crippen molar-refractivity contribution >= 4 is 17.9 Å². The number of benzene rings is 1. The minimum absolute atomic E-state index is 0.109. The summed E-state index contributed by atoms with van der Waals surface area (Å²) >= 11 is 0. The van der Waals surface area contributed by atoms with Crippen LogP contribution in [-0.2, 0) is 14.3 Å². The van der Waals surface area contributed by atoms with Gasteiger partial charge in [0.1, 0.15) is 17.7 Å². The maximum Gasteiger partial charge on any atom is 0.408 e. The quantitative estimate of drug-likeness (QED) is 0.230. The van der Waals surface area contributed by atoms with Crippen molar-refractivity contribution in [3.05, 3.63) is 35.4 Å². The van der Waals surface area contributed by atoms with E-state index in [0.29, 0.717) is 17.7 Å². The Balaban J connectivity index is 3.42. The third kappa shape index (κ3) is 11.6. The maximum atomic E-state index is 14.1. The molecule has 0 aliphatic rings. The summed E-state index contributed by atoms with van der Waals surface area (Å²) in [7, 11) is 0. The first-order valence-electron chi connectivity index (χ1n) is 14.0. The van der Waals surface area contributed by atoms with Crippen molar-refractivity contribution in [1.82, 2.24) is 15.5 Å². The minimum atomic E-state index is -0.867. The molecule has 1 rings (SSSR count). The van der Waals surface area contributed by atoms with Crippen LogP contribution in [0.25, 0.3) is 0 Å². The number of carbonyl (C=O) groups excluding carboxylic acids is 3. The Hall–Kier alpha value is -3.01. The Bertz CT molecular complexity index is 926. The van der Waals surface area contributed by atoms with E-state index < -0.39 is 23.8 Å². The summed E-state index contributed by atoms with van der Waals surface area (Å²) in [6.45, 7) is 15.4. The number of terminal acetylenes is 1. The number of ether oxygens (including phenoxy) is 1. The fourth-order valence-electron chi connectivity index (χ4n) is 4.15. The fraction of sp³-hybridized carbons (Fsp3) is 0.645. The summed E-state index contributed by atoms with van der Waals surface area (Å²) < 4.78 is 5.44. The van der Waals surface area contributed by atoms with Crippen LogP contribution in [0, 0.1) is 18.3 Å². The first-order chi connectivity index (χ1) is 17.8. The van der Waals surface area contributed by atoms with Crippen molar-refractivity contribution in [2.45, 2.75) is 118 Å². The lowest BCUT2D eigenvalue weighted by atomic mass is 9.97. The molecule has 7 heteroatoms. The van der Waals surface area contributed by atoms with Crippen molar-refractivity contribution < 1.29 is 19.1 Å². The average Bonchev–Trinajstić information content (AvgIpc) is 2.82. The molecule has 2 N–H and O–H groups in total. The number of nitrogens with one attached hydrogen (secondary N) is 2. The van der Waals surface area contributed by atoms with Crippen LogP contribution in [0.3, 0.4) is 0 Å². The van der Waals surface area contributed by atoms with E-state index in [1.807, 2.05) is 27.7 Å². The van der Waals surface area contributed by atoms with E-state index in [2.05, 4.69) is 23.5 Å². The van der Waals surface area contributed by atoms with E-state index in [1.54, 1.807) is 49.9 Å². The molecular weight excluding hydrogens is 478 g/mol. The predicted octanol–water partition coefficient (Wildman–Crippen LogP) is 5.97. The highest BCUT2D eigenvalue weighted by Crippen LogP contribution is 2.25. The lowest BCUT2D eigenvalue weighted by molar-refractivity contribution is -0.143. The summed E-state index contributed by atoms with van der Waals surface area (Å²) in [5, 5.41) is 5.74.